The summed E-state index contributed by atoms with van der Waals surface area (Å²) in [5, 5.41) is 1.51. The van der Waals surface area contributed by atoms with E-state index >= 15 is 0 Å². The van der Waals surface area contributed by atoms with Gasteiger partial charge < -0.3 is 0 Å². The first-order valence-corrected chi connectivity index (χ1v) is 7.84. The van der Waals surface area contributed by atoms with Gasteiger partial charge in [0, 0.05) is 22.0 Å². The first-order chi connectivity index (χ1) is 8.63. The highest BCUT2D eigenvalue weighted by molar-refractivity contribution is 8.00. The van der Waals surface area contributed by atoms with Crippen LogP contribution in [-0.2, 0) is 0 Å². The number of benzene rings is 1. The molecule has 2 saturated heterocycles. The lowest BCUT2D eigenvalue weighted by atomic mass is 9.88. The second-order valence-electron chi connectivity index (χ2n) is 5.81. The molecule has 1 aromatic carbocycles. The molecule has 2 fully saturated rings. The summed E-state index contributed by atoms with van der Waals surface area (Å²) in [6.45, 7) is 4.12. The molecule has 18 heavy (non-hydrogen) atoms. The summed E-state index contributed by atoms with van der Waals surface area (Å²) in [4.78, 5) is 12.7. The minimum Gasteiger partial charge on any atom is -0.294 e. The third kappa shape index (κ3) is 2.23. The van der Waals surface area contributed by atoms with Crippen molar-refractivity contribution in [3.8, 4) is 0 Å². The van der Waals surface area contributed by atoms with Crippen molar-refractivity contribution in [2.75, 3.05) is 0 Å². The Bertz CT molecular complexity index is 468. The van der Waals surface area contributed by atoms with Crippen LogP contribution in [0.4, 0.5) is 0 Å². The third-order valence-corrected chi connectivity index (χ3v) is 5.95. The van der Waals surface area contributed by atoms with Crippen LogP contribution < -0.4 is 0 Å². The van der Waals surface area contributed by atoms with Gasteiger partial charge in [0.05, 0.1) is 0 Å². The molecule has 1 aromatic rings. The maximum Gasteiger partial charge on any atom is 0.166 e. The van der Waals surface area contributed by atoms with E-state index in [1.165, 1.54) is 18.4 Å². The molecule has 0 amide bonds. The molecule has 0 saturated carbocycles. The molecule has 0 spiro atoms. The zero-order chi connectivity index (χ0) is 12.7. The van der Waals surface area contributed by atoms with E-state index in [2.05, 4.69) is 43.8 Å². The van der Waals surface area contributed by atoms with E-state index in [4.69, 9.17) is 0 Å². The Kier molecular flexibility index (Phi) is 3.23. The Morgan fingerprint density at radius 3 is 2.50 bits per heavy atom. The quantitative estimate of drug-likeness (QED) is 0.743. The van der Waals surface area contributed by atoms with E-state index in [0.717, 1.165) is 34.5 Å². The molecule has 1 nitrogen and oxygen atoms in total. The molecule has 2 heteroatoms. The van der Waals surface area contributed by atoms with Gasteiger partial charge >= 0.3 is 0 Å². The Hall–Kier alpha value is -0.760. The molecular formula is C16H20OS. The van der Waals surface area contributed by atoms with Gasteiger partial charge in [-0.05, 0) is 51.2 Å². The predicted molar refractivity (Wildman–Crippen MR) is 77.4 cm³/mol. The normalized spacial score (nSPS) is 30.4. The first-order valence-electron chi connectivity index (χ1n) is 6.90. The summed E-state index contributed by atoms with van der Waals surface area (Å²) in [5.41, 5.74) is 3.29. The minimum absolute atomic E-state index is 0.282. The molecule has 2 aliphatic heterocycles. The number of thioether (sulfide) groups is 1. The van der Waals surface area contributed by atoms with E-state index in [0.29, 0.717) is 5.78 Å². The standard InChI is InChI=1S/C16H20OS/c1-10-3-4-11(2)15(7-10)16(17)12-8-13-5-6-14(9-12)18-13/h3-4,7,12-14H,5-6,8-9H2,1-2H3. The molecule has 0 N–H and O–H groups in total. The van der Waals surface area contributed by atoms with E-state index < -0.39 is 0 Å². The van der Waals surface area contributed by atoms with E-state index in [9.17, 15) is 4.79 Å². The van der Waals surface area contributed by atoms with Gasteiger partial charge in [0.2, 0.25) is 0 Å². The summed E-state index contributed by atoms with van der Waals surface area (Å²) in [7, 11) is 0. The SMILES string of the molecule is Cc1ccc(C)c(C(=O)C2CC3CCC(C2)S3)c1. The summed E-state index contributed by atoms with van der Waals surface area (Å²) >= 11 is 2.12. The van der Waals surface area contributed by atoms with Crippen LogP contribution in [-0.4, -0.2) is 16.3 Å². The maximum atomic E-state index is 12.7. The van der Waals surface area contributed by atoms with Crippen molar-refractivity contribution in [1.29, 1.82) is 0 Å². The fraction of sp³-hybridized carbons (Fsp3) is 0.562. The van der Waals surface area contributed by atoms with Crippen LogP contribution in [0.3, 0.4) is 0 Å². The smallest absolute Gasteiger partial charge is 0.166 e. The average Bonchev–Trinajstić information content (AvgIpc) is 2.70. The third-order valence-electron chi connectivity index (χ3n) is 4.32. The van der Waals surface area contributed by atoms with Crippen LogP contribution in [0, 0.1) is 19.8 Å². The van der Waals surface area contributed by atoms with Gasteiger partial charge in [-0.25, -0.2) is 0 Å². The van der Waals surface area contributed by atoms with Gasteiger partial charge in [0.1, 0.15) is 0 Å². The molecule has 96 valence electrons. The highest BCUT2D eigenvalue weighted by atomic mass is 32.2. The highest BCUT2D eigenvalue weighted by Crippen LogP contribution is 2.46. The number of ketones is 1. The van der Waals surface area contributed by atoms with E-state index in [1.807, 2.05) is 0 Å². The summed E-state index contributed by atoms with van der Waals surface area (Å²) in [6, 6.07) is 6.24. The zero-order valence-corrected chi connectivity index (χ0v) is 11.9. The van der Waals surface area contributed by atoms with E-state index in [-0.39, 0.29) is 5.92 Å². The van der Waals surface area contributed by atoms with Crippen molar-refractivity contribution >= 4 is 17.5 Å². The number of fused-ring (bicyclic) bond motifs is 2. The van der Waals surface area contributed by atoms with Crippen LogP contribution in [0.15, 0.2) is 18.2 Å². The van der Waals surface area contributed by atoms with Gasteiger partial charge in [-0.1, -0.05) is 17.7 Å². The molecular weight excluding hydrogens is 240 g/mol. The van der Waals surface area contributed by atoms with Gasteiger partial charge in [-0.15, -0.1) is 0 Å². The molecule has 2 aliphatic rings. The lowest BCUT2D eigenvalue weighted by molar-refractivity contribution is 0.0906. The van der Waals surface area contributed by atoms with Crippen LogP contribution >= 0.6 is 11.8 Å². The Morgan fingerprint density at radius 2 is 1.83 bits per heavy atom. The summed E-state index contributed by atoms with van der Waals surface area (Å²) in [5.74, 6) is 0.678. The van der Waals surface area contributed by atoms with Gasteiger partial charge in [0.25, 0.3) is 0 Å². The average molecular weight is 260 g/mol. The van der Waals surface area contributed by atoms with Crippen LogP contribution in [0.5, 0.6) is 0 Å². The molecule has 0 aromatic heterocycles. The summed E-state index contributed by atoms with van der Waals surface area (Å²) in [6.07, 6.45) is 4.86. The largest absolute Gasteiger partial charge is 0.294 e. The van der Waals surface area contributed by atoms with Gasteiger partial charge in [-0.3, -0.25) is 4.79 Å². The van der Waals surface area contributed by atoms with Crippen molar-refractivity contribution in [1.82, 2.24) is 0 Å². The van der Waals surface area contributed by atoms with Crippen molar-refractivity contribution < 1.29 is 4.79 Å². The number of Topliss-reactive ketones (excluding diaryl/α,β-unsaturated/α-hetero) is 1. The van der Waals surface area contributed by atoms with Crippen molar-refractivity contribution in [2.24, 2.45) is 5.92 Å². The topological polar surface area (TPSA) is 17.1 Å². The zero-order valence-electron chi connectivity index (χ0n) is 11.1. The van der Waals surface area contributed by atoms with Gasteiger partial charge in [0.15, 0.2) is 5.78 Å². The fourth-order valence-corrected chi connectivity index (χ4v) is 5.07. The van der Waals surface area contributed by atoms with Crippen LogP contribution in [0.25, 0.3) is 0 Å². The predicted octanol–water partition coefficient (Wildman–Crippen LogP) is 4.16. The van der Waals surface area contributed by atoms with Crippen LogP contribution in [0.2, 0.25) is 0 Å². The lowest BCUT2D eigenvalue weighted by Gasteiger charge is -2.26. The molecule has 2 unspecified atom stereocenters. The molecule has 2 atom stereocenters. The molecule has 3 rings (SSSR count). The van der Waals surface area contributed by atoms with Crippen LogP contribution in [0.1, 0.15) is 47.2 Å². The number of carbonyl (C=O) groups excluding carboxylic acids is 1. The Labute approximate surface area is 113 Å². The molecule has 2 bridgehead atoms. The fourth-order valence-electron chi connectivity index (χ4n) is 3.29. The monoisotopic (exact) mass is 260 g/mol. The first kappa shape index (κ1) is 12.3. The number of carbonyl (C=O) groups is 1. The Balaban J connectivity index is 1.84. The highest BCUT2D eigenvalue weighted by Gasteiger charge is 2.38. The van der Waals surface area contributed by atoms with Gasteiger partial charge in [-0.2, -0.15) is 11.8 Å². The molecule has 0 radical (unpaired) electrons. The van der Waals surface area contributed by atoms with Crippen molar-refractivity contribution in [2.45, 2.75) is 50.0 Å². The van der Waals surface area contributed by atoms with E-state index in [1.54, 1.807) is 0 Å². The maximum absolute atomic E-state index is 12.7. The number of hydrogen-bond donors (Lipinski definition) is 0. The second-order valence-corrected chi connectivity index (χ2v) is 7.41. The summed E-state index contributed by atoms with van der Waals surface area (Å²) < 4.78 is 0. The Morgan fingerprint density at radius 1 is 1.17 bits per heavy atom. The van der Waals surface area contributed by atoms with Crippen molar-refractivity contribution in [3.63, 3.8) is 0 Å². The number of aryl methyl sites for hydroxylation is 2. The minimum atomic E-state index is 0.282. The lowest BCUT2D eigenvalue weighted by Crippen LogP contribution is -2.25. The molecule has 2 heterocycles. The number of hydrogen-bond acceptors (Lipinski definition) is 2. The van der Waals surface area contributed by atoms with Crippen molar-refractivity contribution in [3.05, 3.63) is 34.9 Å². The second kappa shape index (κ2) is 4.73. The number of rotatable bonds is 2. The molecule has 0 aliphatic carbocycles.